The van der Waals surface area contributed by atoms with Gasteiger partial charge < -0.3 is 5.32 Å². The summed E-state index contributed by atoms with van der Waals surface area (Å²) in [7, 11) is 0. The molecule has 1 fully saturated rings. The number of rotatable bonds is 1. The summed E-state index contributed by atoms with van der Waals surface area (Å²) in [6.07, 6.45) is 2.08. The highest BCUT2D eigenvalue weighted by Gasteiger charge is 2.20. The number of aromatic amines is 1. The van der Waals surface area contributed by atoms with Crippen LogP contribution in [0.15, 0.2) is 16.9 Å². The van der Waals surface area contributed by atoms with Gasteiger partial charge in [0.2, 0.25) is 0 Å². The molecule has 1 aliphatic rings. The zero-order valence-electron chi connectivity index (χ0n) is 8.81. The highest BCUT2D eigenvalue weighted by molar-refractivity contribution is 5.35. The van der Waals surface area contributed by atoms with Crippen LogP contribution in [-0.4, -0.2) is 32.9 Å². The van der Waals surface area contributed by atoms with Crippen LogP contribution in [-0.2, 0) is 0 Å². The predicted octanol–water partition coefficient (Wildman–Crippen LogP) is -0.115. The van der Waals surface area contributed by atoms with Gasteiger partial charge in [0.1, 0.15) is 0 Å². The number of H-pyrrole nitrogens is 1. The maximum atomic E-state index is 11.3. The summed E-state index contributed by atoms with van der Waals surface area (Å²) in [4.78, 5) is 11.3. The lowest BCUT2D eigenvalue weighted by Gasteiger charge is -2.20. The fourth-order valence-electron chi connectivity index (χ4n) is 2.17. The average molecular weight is 219 g/mol. The minimum absolute atomic E-state index is 0.123. The minimum atomic E-state index is -0.123. The molecule has 6 heteroatoms. The molecular formula is C10H13N5O. The molecule has 2 N–H and O–H groups in total. The number of aromatic nitrogens is 4. The van der Waals surface area contributed by atoms with Crippen molar-refractivity contribution >= 4 is 5.65 Å². The van der Waals surface area contributed by atoms with Crippen molar-refractivity contribution in [3.63, 3.8) is 0 Å². The van der Waals surface area contributed by atoms with Crippen molar-refractivity contribution in [2.75, 3.05) is 13.1 Å². The van der Waals surface area contributed by atoms with Crippen molar-refractivity contribution in [3.05, 3.63) is 28.3 Å². The quantitative estimate of drug-likeness (QED) is 0.701. The van der Waals surface area contributed by atoms with Crippen molar-refractivity contribution in [2.45, 2.75) is 18.8 Å². The van der Waals surface area contributed by atoms with Crippen LogP contribution in [0.3, 0.4) is 0 Å². The Hall–Kier alpha value is -1.69. The Bertz CT molecular complexity index is 552. The molecule has 84 valence electrons. The SMILES string of the molecule is O=c1ccc2nnc(C3CCNCC3)n2[nH]1. The van der Waals surface area contributed by atoms with Crippen LogP contribution < -0.4 is 10.9 Å². The second-order valence-corrected chi connectivity index (χ2v) is 4.09. The van der Waals surface area contributed by atoms with E-state index >= 15 is 0 Å². The summed E-state index contributed by atoms with van der Waals surface area (Å²) in [5.41, 5.74) is 0.579. The molecule has 1 aliphatic heterocycles. The summed E-state index contributed by atoms with van der Waals surface area (Å²) < 4.78 is 1.71. The van der Waals surface area contributed by atoms with E-state index in [4.69, 9.17) is 0 Å². The molecule has 2 aromatic heterocycles. The molecule has 0 saturated carbocycles. The molecule has 0 unspecified atom stereocenters. The van der Waals surface area contributed by atoms with Crippen LogP contribution in [0, 0.1) is 0 Å². The van der Waals surface area contributed by atoms with Gasteiger partial charge in [-0.05, 0) is 32.0 Å². The fourth-order valence-corrected chi connectivity index (χ4v) is 2.17. The Kier molecular flexibility index (Phi) is 2.21. The van der Waals surface area contributed by atoms with E-state index in [2.05, 4.69) is 20.6 Å². The van der Waals surface area contributed by atoms with Gasteiger partial charge in [-0.15, -0.1) is 10.2 Å². The van der Waals surface area contributed by atoms with Gasteiger partial charge in [0.15, 0.2) is 11.5 Å². The van der Waals surface area contributed by atoms with E-state index in [0.29, 0.717) is 11.6 Å². The molecule has 6 nitrogen and oxygen atoms in total. The number of fused-ring (bicyclic) bond motifs is 1. The van der Waals surface area contributed by atoms with Crippen LogP contribution in [0.2, 0.25) is 0 Å². The molecule has 0 radical (unpaired) electrons. The van der Waals surface area contributed by atoms with Crippen molar-refractivity contribution in [1.82, 2.24) is 25.1 Å². The predicted molar refractivity (Wildman–Crippen MR) is 58.5 cm³/mol. The molecule has 3 rings (SSSR count). The monoisotopic (exact) mass is 219 g/mol. The van der Waals surface area contributed by atoms with E-state index in [1.165, 1.54) is 6.07 Å². The first-order valence-electron chi connectivity index (χ1n) is 5.50. The second-order valence-electron chi connectivity index (χ2n) is 4.09. The Morgan fingerprint density at radius 1 is 1.25 bits per heavy atom. The van der Waals surface area contributed by atoms with Gasteiger partial charge in [0.05, 0.1) is 0 Å². The van der Waals surface area contributed by atoms with Gasteiger partial charge >= 0.3 is 0 Å². The first-order valence-corrected chi connectivity index (χ1v) is 5.50. The van der Waals surface area contributed by atoms with E-state index in [0.717, 1.165) is 31.8 Å². The first-order chi connectivity index (χ1) is 7.84. The third-order valence-electron chi connectivity index (χ3n) is 3.02. The lowest BCUT2D eigenvalue weighted by atomic mass is 9.97. The highest BCUT2D eigenvalue weighted by atomic mass is 16.1. The lowest BCUT2D eigenvalue weighted by Crippen LogP contribution is -2.28. The van der Waals surface area contributed by atoms with E-state index in [-0.39, 0.29) is 5.56 Å². The smallest absolute Gasteiger partial charge is 0.263 e. The Morgan fingerprint density at radius 2 is 2.06 bits per heavy atom. The van der Waals surface area contributed by atoms with Gasteiger partial charge in [-0.3, -0.25) is 9.89 Å². The summed E-state index contributed by atoms with van der Waals surface area (Å²) in [5, 5.41) is 14.3. The molecule has 0 atom stereocenters. The normalized spacial score (nSPS) is 18.0. The second kappa shape index (κ2) is 3.71. The minimum Gasteiger partial charge on any atom is -0.317 e. The maximum absolute atomic E-state index is 11.3. The van der Waals surface area contributed by atoms with Gasteiger partial charge in [0, 0.05) is 12.0 Å². The molecule has 2 aromatic rings. The van der Waals surface area contributed by atoms with E-state index < -0.39 is 0 Å². The van der Waals surface area contributed by atoms with Gasteiger partial charge in [-0.25, -0.2) is 4.52 Å². The zero-order chi connectivity index (χ0) is 11.0. The molecule has 1 saturated heterocycles. The fraction of sp³-hybridized carbons (Fsp3) is 0.500. The van der Waals surface area contributed by atoms with Crippen molar-refractivity contribution in [1.29, 1.82) is 0 Å². The lowest BCUT2D eigenvalue weighted by molar-refractivity contribution is 0.438. The van der Waals surface area contributed by atoms with Crippen molar-refractivity contribution < 1.29 is 0 Å². The standard InChI is InChI=1S/C10H13N5O/c16-9-2-1-8-12-13-10(15(8)14-9)7-3-5-11-6-4-7/h1-2,7,11H,3-6H2,(H,14,16). The molecule has 3 heterocycles. The highest BCUT2D eigenvalue weighted by Crippen LogP contribution is 2.22. The van der Waals surface area contributed by atoms with Crippen LogP contribution in [0.4, 0.5) is 0 Å². The number of hydrogen-bond donors (Lipinski definition) is 2. The Balaban J connectivity index is 2.08. The maximum Gasteiger partial charge on any atom is 0.263 e. The van der Waals surface area contributed by atoms with Gasteiger partial charge in [0.25, 0.3) is 5.56 Å². The summed E-state index contributed by atoms with van der Waals surface area (Å²) in [6, 6.07) is 3.16. The first kappa shape index (κ1) is 9.53. The number of piperidine rings is 1. The number of hydrogen-bond acceptors (Lipinski definition) is 4. The Labute approximate surface area is 91.7 Å². The van der Waals surface area contributed by atoms with Crippen LogP contribution in [0.5, 0.6) is 0 Å². The van der Waals surface area contributed by atoms with E-state index in [1.807, 2.05) is 0 Å². The zero-order valence-corrected chi connectivity index (χ0v) is 8.81. The molecular weight excluding hydrogens is 206 g/mol. The van der Waals surface area contributed by atoms with Crippen LogP contribution in [0.25, 0.3) is 5.65 Å². The Morgan fingerprint density at radius 3 is 2.88 bits per heavy atom. The van der Waals surface area contributed by atoms with E-state index in [1.54, 1.807) is 10.6 Å². The summed E-state index contributed by atoms with van der Waals surface area (Å²) in [5.74, 6) is 1.25. The molecule has 0 amide bonds. The number of nitrogens with one attached hydrogen (secondary N) is 2. The summed E-state index contributed by atoms with van der Waals surface area (Å²) in [6.45, 7) is 1.99. The average Bonchev–Trinajstić information content (AvgIpc) is 2.73. The third kappa shape index (κ3) is 1.51. The van der Waals surface area contributed by atoms with Crippen LogP contribution in [0.1, 0.15) is 24.6 Å². The summed E-state index contributed by atoms with van der Waals surface area (Å²) >= 11 is 0. The van der Waals surface area contributed by atoms with Crippen LogP contribution >= 0.6 is 0 Å². The largest absolute Gasteiger partial charge is 0.317 e. The molecule has 0 bridgehead atoms. The van der Waals surface area contributed by atoms with Crippen molar-refractivity contribution in [3.8, 4) is 0 Å². The molecule has 0 spiro atoms. The topological polar surface area (TPSA) is 75.1 Å². The van der Waals surface area contributed by atoms with Gasteiger partial charge in [-0.2, -0.15) is 0 Å². The molecule has 0 aromatic carbocycles. The molecule has 16 heavy (non-hydrogen) atoms. The number of nitrogens with zero attached hydrogens (tertiary/aromatic N) is 3. The van der Waals surface area contributed by atoms with Crippen molar-refractivity contribution in [2.24, 2.45) is 0 Å². The van der Waals surface area contributed by atoms with E-state index in [9.17, 15) is 4.79 Å². The molecule has 0 aliphatic carbocycles. The third-order valence-corrected chi connectivity index (χ3v) is 3.02. The van der Waals surface area contributed by atoms with Gasteiger partial charge in [-0.1, -0.05) is 0 Å².